The molecule has 0 aromatic heterocycles. The van der Waals surface area contributed by atoms with Crippen molar-refractivity contribution in [1.29, 1.82) is 0 Å². The summed E-state index contributed by atoms with van der Waals surface area (Å²) in [4.78, 5) is 23.4. The first-order valence-electron chi connectivity index (χ1n) is 34.1. The van der Waals surface area contributed by atoms with Crippen molar-refractivity contribution >= 4 is 13.7 Å². The van der Waals surface area contributed by atoms with Gasteiger partial charge < -0.3 is 19.8 Å². The molecule has 0 aliphatic heterocycles. The Labute approximate surface area is 513 Å². The highest BCUT2D eigenvalue weighted by molar-refractivity contribution is 7.47. The van der Waals surface area contributed by atoms with Crippen LogP contribution in [0, 0.1) is 0 Å². The fraction of sp³-hybridized carbons (Fsp3) is 0.689. The van der Waals surface area contributed by atoms with E-state index >= 15 is 0 Å². The smallest absolute Gasteiger partial charge is 0.387 e. The average Bonchev–Trinajstić information content (AvgIpc) is 3.50. The number of quaternary nitrogens is 1. The van der Waals surface area contributed by atoms with Crippen LogP contribution < -0.4 is 5.32 Å². The van der Waals surface area contributed by atoms with Crippen LogP contribution in [0.1, 0.15) is 277 Å². The van der Waals surface area contributed by atoms with Gasteiger partial charge in [0.1, 0.15) is 13.2 Å². The van der Waals surface area contributed by atoms with Crippen molar-refractivity contribution in [2.45, 2.75) is 289 Å². The van der Waals surface area contributed by atoms with E-state index in [0.717, 1.165) is 96.3 Å². The van der Waals surface area contributed by atoms with E-state index in [-0.39, 0.29) is 19.1 Å². The van der Waals surface area contributed by atoms with E-state index < -0.39 is 20.0 Å². The molecule has 8 nitrogen and oxygen atoms in total. The van der Waals surface area contributed by atoms with Crippen molar-refractivity contribution in [3.05, 3.63) is 134 Å². The summed E-state index contributed by atoms with van der Waals surface area (Å²) in [5.74, 6) is -0.196. The maximum Gasteiger partial charge on any atom is 0.472 e. The monoisotopic (exact) mass is 1170 g/mol. The van der Waals surface area contributed by atoms with Crippen molar-refractivity contribution in [2.24, 2.45) is 0 Å². The molecule has 3 N–H and O–H groups in total. The largest absolute Gasteiger partial charge is 0.472 e. The maximum atomic E-state index is 13.0. The topological polar surface area (TPSA) is 105 Å². The van der Waals surface area contributed by atoms with Gasteiger partial charge in [-0.1, -0.05) is 295 Å². The fourth-order valence-electron chi connectivity index (χ4n) is 9.33. The Bertz CT molecular complexity index is 1810. The minimum absolute atomic E-state index is 0.0475. The van der Waals surface area contributed by atoms with Crippen molar-refractivity contribution in [3.8, 4) is 0 Å². The van der Waals surface area contributed by atoms with Gasteiger partial charge in [0.15, 0.2) is 0 Å². The van der Waals surface area contributed by atoms with Crippen LogP contribution in [0.2, 0.25) is 0 Å². The number of unbranched alkanes of at least 4 members (excludes halogenated alkanes) is 28. The van der Waals surface area contributed by atoms with Gasteiger partial charge in [0.25, 0.3) is 0 Å². The predicted molar refractivity (Wildman–Crippen MR) is 364 cm³/mol. The van der Waals surface area contributed by atoms with Gasteiger partial charge in [-0.2, -0.15) is 0 Å². The second kappa shape index (κ2) is 63.2. The number of allylic oxidation sites excluding steroid dienone is 21. The minimum atomic E-state index is -4.37. The van der Waals surface area contributed by atoms with E-state index in [2.05, 4.69) is 141 Å². The quantitative estimate of drug-likeness (QED) is 0.0243. The van der Waals surface area contributed by atoms with E-state index in [1.54, 1.807) is 6.08 Å². The Morgan fingerprint density at radius 1 is 0.422 bits per heavy atom. The molecule has 0 aromatic rings. The molecule has 0 radical (unpaired) electrons. The lowest BCUT2D eigenvalue weighted by Crippen LogP contribution is -2.45. The van der Waals surface area contributed by atoms with Gasteiger partial charge in [0.05, 0.1) is 39.9 Å². The zero-order chi connectivity index (χ0) is 60.5. The van der Waals surface area contributed by atoms with Gasteiger partial charge in [-0.15, -0.1) is 0 Å². The van der Waals surface area contributed by atoms with Crippen molar-refractivity contribution in [2.75, 3.05) is 40.9 Å². The second-order valence-corrected chi connectivity index (χ2v) is 25.3. The summed E-state index contributed by atoms with van der Waals surface area (Å²) in [6, 6.07) is -0.881. The number of hydrogen-bond donors (Lipinski definition) is 3. The summed E-state index contributed by atoms with van der Waals surface area (Å²) in [5.41, 5.74) is 0. The number of phosphoric ester groups is 1. The Hall–Kier alpha value is -3.36. The lowest BCUT2D eigenvalue weighted by atomic mass is 10.0. The minimum Gasteiger partial charge on any atom is -0.387 e. The van der Waals surface area contributed by atoms with Crippen LogP contribution >= 0.6 is 7.82 Å². The van der Waals surface area contributed by atoms with E-state index in [1.165, 1.54) is 161 Å². The van der Waals surface area contributed by atoms with Gasteiger partial charge in [-0.3, -0.25) is 13.8 Å². The van der Waals surface area contributed by atoms with Crippen LogP contribution in [-0.2, 0) is 18.4 Å². The summed E-state index contributed by atoms with van der Waals surface area (Å²) in [6.07, 6.45) is 95.9. The fourth-order valence-corrected chi connectivity index (χ4v) is 10.1. The second-order valence-electron chi connectivity index (χ2n) is 23.8. The molecule has 0 heterocycles. The van der Waals surface area contributed by atoms with Crippen LogP contribution in [0.4, 0.5) is 0 Å². The van der Waals surface area contributed by atoms with E-state index in [9.17, 15) is 19.4 Å². The van der Waals surface area contributed by atoms with Crippen molar-refractivity contribution in [3.63, 3.8) is 0 Å². The van der Waals surface area contributed by atoms with E-state index in [4.69, 9.17) is 9.05 Å². The number of hydrogen-bond acceptors (Lipinski definition) is 5. The molecule has 0 saturated carbocycles. The molecule has 0 aliphatic rings. The Morgan fingerprint density at radius 2 is 0.735 bits per heavy atom. The molecular formula is C74H130N2O6P+. The summed E-state index contributed by atoms with van der Waals surface area (Å²) in [6.45, 7) is 4.68. The number of phosphoric acid groups is 1. The number of rotatable bonds is 61. The third-order valence-corrected chi connectivity index (χ3v) is 15.6. The van der Waals surface area contributed by atoms with Crippen LogP contribution in [0.15, 0.2) is 134 Å². The molecule has 0 saturated heterocycles. The number of aliphatic hydroxyl groups is 1. The molecule has 3 atom stereocenters. The van der Waals surface area contributed by atoms with Crippen molar-refractivity contribution in [1.82, 2.24) is 5.32 Å². The number of nitrogens with zero attached hydrogens (tertiary/aromatic N) is 1. The summed E-state index contributed by atoms with van der Waals surface area (Å²) >= 11 is 0. The molecule has 83 heavy (non-hydrogen) atoms. The first kappa shape index (κ1) is 79.6. The lowest BCUT2D eigenvalue weighted by molar-refractivity contribution is -0.870. The zero-order valence-corrected chi connectivity index (χ0v) is 55.3. The Morgan fingerprint density at radius 3 is 1.11 bits per heavy atom. The molecule has 1 amide bonds. The highest BCUT2D eigenvalue weighted by Crippen LogP contribution is 2.43. The number of likely N-dealkylation sites (N-methyl/N-ethyl adjacent to an activating group) is 1. The number of amides is 1. The van der Waals surface area contributed by atoms with E-state index in [0.29, 0.717) is 17.4 Å². The normalized spacial score (nSPS) is 14.5. The predicted octanol–water partition coefficient (Wildman–Crippen LogP) is 21.8. The number of carbonyl (C=O) groups is 1. The summed E-state index contributed by atoms with van der Waals surface area (Å²) < 4.78 is 23.8. The maximum absolute atomic E-state index is 13.0. The average molecular weight is 1170 g/mol. The number of nitrogens with one attached hydrogen (secondary N) is 1. The third kappa shape index (κ3) is 66.0. The molecule has 0 aliphatic carbocycles. The van der Waals surface area contributed by atoms with Gasteiger partial charge in [0, 0.05) is 6.42 Å². The molecule has 0 bridgehead atoms. The molecule has 0 aromatic carbocycles. The first-order valence-corrected chi connectivity index (χ1v) is 35.6. The SMILES string of the molecule is CC/C=C\C/C=C\C/C=C\C/C=C\C/C=C\C/C=C\C/C=C\C/C=C\CCCCCCCCCCCCCCC(=O)NC(COP(=O)(O)OCC[N+](C)(C)C)C(O)/C=C/CC/C=C/CC/C=C/CCCCCCCCCCCCCCCC. The molecule has 9 heteroatoms. The zero-order valence-electron chi connectivity index (χ0n) is 54.4. The van der Waals surface area contributed by atoms with Crippen LogP contribution in [0.5, 0.6) is 0 Å². The van der Waals surface area contributed by atoms with Crippen LogP contribution in [0.25, 0.3) is 0 Å². The van der Waals surface area contributed by atoms with Crippen molar-refractivity contribution < 1.29 is 32.9 Å². The highest BCUT2D eigenvalue weighted by atomic mass is 31.2. The van der Waals surface area contributed by atoms with Crippen LogP contribution in [0.3, 0.4) is 0 Å². The van der Waals surface area contributed by atoms with Crippen LogP contribution in [-0.4, -0.2) is 73.4 Å². The summed E-state index contributed by atoms with van der Waals surface area (Å²) in [7, 11) is 1.53. The first-order chi connectivity index (χ1) is 40.5. The lowest BCUT2D eigenvalue weighted by Gasteiger charge is -2.25. The highest BCUT2D eigenvalue weighted by Gasteiger charge is 2.27. The molecule has 476 valence electrons. The molecule has 0 fully saturated rings. The summed E-state index contributed by atoms with van der Waals surface area (Å²) in [5, 5.41) is 14.0. The standard InChI is InChI=1S/C74H129N2O6P/c1-6-8-10-12-14-16-18-20-22-24-26-28-30-32-33-34-35-36-37-38-39-40-41-42-43-44-46-48-50-52-54-56-58-60-62-64-66-68-74(78)75-72(71-82-83(79,80)81-70-69-76(3,4)5)73(77)67-65-63-61-59-57-55-53-51-49-47-45-31-29-27-25-23-21-19-17-15-13-11-9-7-2/h8,10,14,16,20,22,26,28,32-33,35-36,38-39,41-42,49,51,57,59,65,67,72-73,77H,6-7,9,11-13,15,17-19,21,23-25,27,29-31,34,37,40,43-48,50,52-56,58,60-64,66,68-71H2,1-5H3,(H-,75,78,79,80)/p+1/b10-8-,16-14-,22-20-,28-26-,33-32-,36-35-,39-38-,42-41-,51-49+,59-57+,67-65+. The van der Waals surface area contributed by atoms with Gasteiger partial charge >= 0.3 is 7.82 Å². The Balaban J connectivity index is 4.17. The third-order valence-electron chi connectivity index (χ3n) is 14.6. The molecule has 3 unspecified atom stereocenters. The van der Waals surface area contributed by atoms with E-state index in [1.807, 2.05) is 27.2 Å². The van der Waals surface area contributed by atoms with Gasteiger partial charge in [-0.05, 0) is 109 Å². The van der Waals surface area contributed by atoms with Gasteiger partial charge in [0.2, 0.25) is 5.91 Å². The Kier molecular flexibility index (Phi) is 60.6. The van der Waals surface area contributed by atoms with Gasteiger partial charge in [-0.25, -0.2) is 4.57 Å². The molecule has 0 rings (SSSR count). The number of aliphatic hydroxyl groups excluding tert-OH is 1. The molecule has 0 spiro atoms. The number of carbonyl (C=O) groups excluding carboxylic acids is 1. The molecular weight excluding hydrogens is 1040 g/mol.